The summed E-state index contributed by atoms with van der Waals surface area (Å²) in [6.45, 7) is 1.61. The summed E-state index contributed by atoms with van der Waals surface area (Å²) in [5.74, 6) is 0. The molecule has 0 saturated heterocycles. The van der Waals surface area contributed by atoms with Gasteiger partial charge in [0.05, 0.1) is 6.10 Å². The van der Waals surface area contributed by atoms with Crippen LogP contribution in [0.25, 0.3) is 0 Å². The zero-order valence-corrected chi connectivity index (χ0v) is 8.09. The third kappa shape index (κ3) is 2.12. The van der Waals surface area contributed by atoms with Gasteiger partial charge in [0.15, 0.2) is 4.73 Å². The van der Waals surface area contributed by atoms with Crippen LogP contribution < -0.4 is 0 Å². The van der Waals surface area contributed by atoms with E-state index in [-0.39, 0.29) is 5.15 Å². The summed E-state index contributed by atoms with van der Waals surface area (Å²) >= 11 is 8.74. The van der Waals surface area contributed by atoms with E-state index in [9.17, 15) is 0 Å². The molecule has 0 spiro atoms. The van der Waals surface area contributed by atoms with Crippen molar-refractivity contribution in [2.75, 3.05) is 0 Å². The molecule has 5 heteroatoms. The van der Waals surface area contributed by atoms with Gasteiger partial charge in [0.25, 0.3) is 0 Å². The molecule has 0 aliphatic heterocycles. The predicted octanol–water partition coefficient (Wildman–Crippen LogP) is 1.95. The SMILES string of the molecule is CC(O)c1cnc(Br)nc1Cl. The van der Waals surface area contributed by atoms with Gasteiger partial charge in [-0.25, -0.2) is 9.97 Å². The zero-order valence-electron chi connectivity index (χ0n) is 5.75. The standard InChI is InChI=1S/C6H6BrClN2O/c1-3(11)4-2-9-6(7)10-5(4)8/h2-3,11H,1H3. The molecule has 1 atom stereocenters. The Morgan fingerprint density at radius 3 is 2.82 bits per heavy atom. The summed E-state index contributed by atoms with van der Waals surface area (Å²) in [5, 5.41) is 9.40. The van der Waals surface area contributed by atoms with E-state index in [0.29, 0.717) is 10.3 Å². The van der Waals surface area contributed by atoms with Gasteiger partial charge in [-0.1, -0.05) is 11.6 Å². The fourth-order valence-electron chi connectivity index (χ4n) is 0.631. The first kappa shape index (κ1) is 8.90. The Hall–Kier alpha value is -0.190. The van der Waals surface area contributed by atoms with Crippen LogP contribution in [0, 0.1) is 0 Å². The first-order chi connectivity index (χ1) is 5.11. The van der Waals surface area contributed by atoms with Crippen LogP contribution in [0.15, 0.2) is 10.9 Å². The average Bonchev–Trinajstić information content (AvgIpc) is 1.85. The van der Waals surface area contributed by atoms with E-state index in [0.717, 1.165) is 0 Å². The van der Waals surface area contributed by atoms with Crippen LogP contribution in [0.4, 0.5) is 0 Å². The van der Waals surface area contributed by atoms with Crippen LogP contribution in [0.3, 0.4) is 0 Å². The monoisotopic (exact) mass is 236 g/mol. The summed E-state index contributed by atoms with van der Waals surface area (Å²) in [7, 11) is 0. The molecule has 1 aromatic heterocycles. The van der Waals surface area contributed by atoms with Gasteiger partial charge in [0.1, 0.15) is 5.15 Å². The van der Waals surface area contributed by atoms with Crippen LogP contribution in [-0.2, 0) is 0 Å². The quantitative estimate of drug-likeness (QED) is 0.600. The van der Waals surface area contributed by atoms with Gasteiger partial charge in [0.2, 0.25) is 0 Å². The molecule has 60 valence electrons. The number of hydrogen-bond acceptors (Lipinski definition) is 3. The number of nitrogens with zero attached hydrogens (tertiary/aromatic N) is 2. The highest BCUT2D eigenvalue weighted by Crippen LogP contribution is 2.20. The molecule has 0 aliphatic carbocycles. The third-order valence-electron chi connectivity index (χ3n) is 1.19. The molecule has 1 unspecified atom stereocenters. The highest BCUT2D eigenvalue weighted by atomic mass is 79.9. The van der Waals surface area contributed by atoms with Crippen LogP contribution in [0.5, 0.6) is 0 Å². The normalized spacial score (nSPS) is 13.1. The molecule has 11 heavy (non-hydrogen) atoms. The molecule has 0 aliphatic rings. The van der Waals surface area contributed by atoms with E-state index in [4.69, 9.17) is 16.7 Å². The Morgan fingerprint density at radius 2 is 2.36 bits per heavy atom. The number of halogens is 2. The summed E-state index contributed by atoms with van der Waals surface area (Å²) in [4.78, 5) is 7.63. The highest BCUT2D eigenvalue weighted by Gasteiger charge is 2.07. The maximum Gasteiger partial charge on any atom is 0.197 e. The van der Waals surface area contributed by atoms with Gasteiger partial charge in [-0.15, -0.1) is 0 Å². The van der Waals surface area contributed by atoms with Crippen molar-refractivity contribution in [3.05, 3.63) is 21.6 Å². The lowest BCUT2D eigenvalue weighted by atomic mass is 10.2. The van der Waals surface area contributed by atoms with E-state index >= 15 is 0 Å². The minimum atomic E-state index is -0.629. The fourth-order valence-corrected chi connectivity index (χ4v) is 1.30. The molecular formula is C6H6BrClN2O. The zero-order chi connectivity index (χ0) is 8.43. The molecule has 0 aromatic carbocycles. The maximum absolute atomic E-state index is 9.12. The van der Waals surface area contributed by atoms with Gasteiger partial charge in [-0.3, -0.25) is 0 Å². The molecule has 3 nitrogen and oxygen atoms in total. The van der Waals surface area contributed by atoms with Crippen LogP contribution in [-0.4, -0.2) is 15.1 Å². The Balaban J connectivity index is 3.09. The highest BCUT2D eigenvalue weighted by molar-refractivity contribution is 9.10. The van der Waals surface area contributed by atoms with Gasteiger partial charge < -0.3 is 5.11 Å². The molecule has 0 amide bonds. The smallest absolute Gasteiger partial charge is 0.197 e. The Morgan fingerprint density at radius 1 is 1.73 bits per heavy atom. The lowest BCUT2D eigenvalue weighted by Crippen LogP contribution is -1.96. The first-order valence-corrected chi connectivity index (χ1v) is 4.14. The van der Waals surface area contributed by atoms with Crippen LogP contribution in [0.1, 0.15) is 18.6 Å². The van der Waals surface area contributed by atoms with E-state index in [2.05, 4.69) is 25.9 Å². The van der Waals surface area contributed by atoms with Gasteiger partial charge in [0, 0.05) is 11.8 Å². The second-order valence-electron chi connectivity index (χ2n) is 2.06. The van der Waals surface area contributed by atoms with Crippen molar-refractivity contribution in [1.29, 1.82) is 0 Å². The molecular weight excluding hydrogens is 231 g/mol. The second kappa shape index (κ2) is 3.47. The van der Waals surface area contributed by atoms with E-state index in [1.54, 1.807) is 6.92 Å². The Labute approximate surface area is 77.6 Å². The van der Waals surface area contributed by atoms with Crippen molar-refractivity contribution in [3.63, 3.8) is 0 Å². The largest absolute Gasteiger partial charge is 0.389 e. The number of rotatable bonds is 1. The summed E-state index contributed by atoms with van der Waals surface area (Å²) in [6, 6.07) is 0. The fraction of sp³-hybridized carbons (Fsp3) is 0.333. The van der Waals surface area contributed by atoms with Crippen molar-refractivity contribution in [3.8, 4) is 0 Å². The average molecular weight is 237 g/mol. The lowest BCUT2D eigenvalue weighted by molar-refractivity contribution is 0.198. The summed E-state index contributed by atoms with van der Waals surface area (Å²) < 4.78 is 0.423. The summed E-state index contributed by atoms with van der Waals surface area (Å²) in [5.41, 5.74) is 0.537. The van der Waals surface area contributed by atoms with Crippen molar-refractivity contribution in [2.24, 2.45) is 0 Å². The molecule has 1 rings (SSSR count). The summed E-state index contributed by atoms with van der Waals surface area (Å²) in [6.07, 6.45) is 0.861. The molecule has 0 bridgehead atoms. The third-order valence-corrected chi connectivity index (χ3v) is 1.87. The number of hydrogen-bond donors (Lipinski definition) is 1. The second-order valence-corrected chi connectivity index (χ2v) is 3.13. The molecule has 1 aromatic rings. The van der Waals surface area contributed by atoms with Gasteiger partial charge in [-0.05, 0) is 22.9 Å². The van der Waals surface area contributed by atoms with Crippen molar-refractivity contribution < 1.29 is 5.11 Å². The van der Waals surface area contributed by atoms with Crippen molar-refractivity contribution in [1.82, 2.24) is 9.97 Å². The van der Waals surface area contributed by atoms with Crippen LogP contribution >= 0.6 is 27.5 Å². The maximum atomic E-state index is 9.12. The van der Waals surface area contributed by atoms with Crippen molar-refractivity contribution in [2.45, 2.75) is 13.0 Å². The molecule has 0 saturated carbocycles. The number of aromatic nitrogens is 2. The van der Waals surface area contributed by atoms with Crippen molar-refractivity contribution >= 4 is 27.5 Å². The van der Waals surface area contributed by atoms with Gasteiger partial charge >= 0.3 is 0 Å². The van der Waals surface area contributed by atoms with E-state index < -0.39 is 6.10 Å². The first-order valence-electron chi connectivity index (χ1n) is 2.97. The van der Waals surface area contributed by atoms with E-state index in [1.165, 1.54) is 6.20 Å². The molecule has 1 N–H and O–H groups in total. The molecule has 0 radical (unpaired) electrons. The molecule has 1 heterocycles. The Kier molecular flexibility index (Phi) is 2.81. The minimum absolute atomic E-state index is 0.280. The number of aliphatic hydroxyl groups is 1. The lowest BCUT2D eigenvalue weighted by Gasteiger charge is -2.04. The predicted molar refractivity (Wildman–Crippen MR) is 45.4 cm³/mol. The molecule has 0 fully saturated rings. The number of aliphatic hydroxyl groups excluding tert-OH is 1. The minimum Gasteiger partial charge on any atom is -0.389 e. The van der Waals surface area contributed by atoms with Gasteiger partial charge in [-0.2, -0.15) is 0 Å². The van der Waals surface area contributed by atoms with Crippen LogP contribution in [0.2, 0.25) is 5.15 Å². The Bertz CT molecular complexity index is 267. The van der Waals surface area contributed by atoms with E-state index in [1.807, 2.05) is 0 Å². The topological polar surface area (TPSA) is 46.0 Å².